The summed E-state index contributed by atoms with van der Waals surface area (Å²) in [6.45, 7) is 0. The van der Waals surface area contributed by atoms with E-state index in [0.717, 1.165) is 17.7 Å². The molecule has 2 aromatic carbocycles. The minimum absolute atomic E-state index is 0.0844. The van der Waals surface area contributed by atoms with Gasteiger partial charge < -0.3 is 4.74 Å². The Hall–Kier alpha value is -2.56. The average molecular weight is 332 g/mol. The van der Waals surface area contributed by atoms with Crippen LogP contribution in [0.15, 0.2) is 48.0 Å². The molecule has 0 saturated carbocycles. The fraction of sp³-hybridized carbons (Fsp3) is 0.211. The number of alkyl halides is 3. The molecule has 0 radical (unpaired) electrons. The summed E-state index contributed by atoms with van der Waals surface area (Å²) < 4.78 is 42.9. The van der Waals surface area contributed by atoms with Crippen LogP contribution in [0, 0.1) is 0 Å². The minimum Gasteiger partial charge on any atom is -0.497 e. The molecule has 5 heteroatoms. The molecule has 0 saturated heterocycles. The van der Waals surface area contributed by atoms with Crippen LogP contribution in [0.4, 0.5) is 13.2 Å². The van der Waals surface area contributed by atoms with Gasteiger partial charge in [-0.15, -0.1) is 0 Å². The third-order valence-corrected chi connectivity index (χ3v) is 4.09. The molecular formula is C19H15F3O2. The third kappa shape index (κ3) is 3.20. The first kappa shape index (κ1) is 16.3. The van der Waals surface area contributed by atoms with Crippen molar-refractivity contribution in [2.45, 2.75) is 19.0 Å². The summed E-state index contributed by atoms with van der Waals surface area (Å²) >= 11 is 0. The summed E-state index contributed by atoms with van der Waals surface area (Å²) in [6.07, 6.45) is -1.44. The number of fused-ring (bicyclic) bond motifs is 1. The second kappa shape index (κ2) is 6.15. The molecule has 0 N–H and O–H groups in total. The van der Waals surface area contributed by atoms with Crippen molar-refractivity contribution in [1.82, 2.24) is 0 Å². The summed E-state index contributed by atoms with van der Waals surface area (Å²) in [7, 11) is 1.57. The Morgan fingerprint density at radius 2 is 1.75 bits per heavy atom. The Labute approximate surface area is 137 Å². The van der Waals surface area contributed by atoms with E-state index in [0.29, 0.717) is 35.3 Å². The number of aryl methyl sites for hydroxylation is 1. The highest BCUT2D eigenvalue weighted by Crippen LogP contribution is 2.31. The van der Waals surface area contributed by atoms with Crippen LogP contribution in [0.2, 0.25) is 0 Å². The Bertz CT molecular complexity index is 802. The van der Waals surface area contributed by atoms with Crippen LogP contribution in [-0.4, -0.2) is 12.9 Å². The molecule has 3 rings (SSSR count). The summed E-state index contributed by atoms with van der Waals surface area (Å²) in [5.74, 6) is 0.621. The minimum atomic E-state index is -4.36. The van der Waals surface area contributed by atoms with Crippen LogP contribution in [-0.2, 0) is 12.6 Å². The second-order valence-corrected chi connectivity index (χ2v) is 5.64. The van der Waals surface area contributed by atoms with E-state index in [2.05, 4.69) is 0 Å². The molecule has 0 fully saturated rings. The van der Waals surface area contributed by atoms with Crippen LogP contribution in [0.3, 0.4) is 0 Å². The van der Waals surface area contributed by atoms with Gasteiger partial charge in [0, 0.05) is 11.1 Å². The molecule has 1 aliphatic carbocycles. The quantitative estimate of drug-likeness (QED) is 0.729. The van der Waals surface area contributed by atoms with Gasteiger partial charge in [0.05, 0.1) is 12.7 Å². The number of Topliss-reactive ketones (excluding diaryl/α,β-unsaturated/α-hetero) is 1. The molecule has 0 unspecified atom stereocenters. The zero-order valence-corrected chi connectivity index (χ0v) is 13.0. The maximum Gasteiger partial charge on any atom is 0.416 e. The van der Waals surface area contributed by atoms with Gasteiger partial charge in [0.15, 0.2) is 5.78 Å². The smallest absolute Gasteiger partial charge is 0.416 e. The van der Waals surface area contributed by atoms with Crippen molar-refractivity contribution in [2.24, 2.45) is 0 Å². The molecule has 124 valence electrons. The van der Waals surface area contributed by atoms with Crippen molar-refractivity contribution in [3.8, 4) is 5.75 Å². The van der Waals surface area contributed by atoms with Crippen LogP contribution >= 0.6 is 0 Å². The molecule has 0 aromatic heterocycles. The monoisotopic (exact) mass is 332 g/mol. The Morgan fingerprint density at radius 1 is 1.04 bits per heavy atom. The van der Waals surface area contributed by atoms with Crippen molar-refractivity contribution in [2.75, 3.05) is 7.11 Å². The largest absolute Gasteiger partial charge is 0.497 e. The zero-order chi connectivity index (χ0) is 17.3. The van der Waals surface area contributed by atoms with Gasteiger partial charge in [-0.25, -0.2) is 0 Å². The number of methoxy groups -OCH3 is 1. The molecular weight excluding hydrogens is 317 g/mol. The first-order valence-electron chi connectivity index (χ1n) is 7.48. The Morgan fingerprint density at radius 3 is 2.38 bits per heavy atom. The first-order valence-corrected chi connectivity index (χ1v) is 7.48. The molecule has 0 bridgehead atoms. The fourth-order valence-electron chi connectivity index (χ4n) is 2.79. The van der Waals surface area contributed by atoms with Gasteiger partial charge in [-0.3, -0.25) is 4.79 Å². The lowest BCUT2D eigenvalue weighted by Gasteiger charge is -2.18. The predicted molar refractivity (Wildman–Crippen MR) is 85.1 cm³/mol. The molecule has 0 amide bonds. The van der Waals surface area contributed by atoms with Gasteiger partial charge in [0.1, 0.15) is 5.75 Å². The maximum atomic E-state index is 12.6. The van der Waals surface area contributed by atoms with Gasteiger partial charge in [-0.2, -0.15) is 13.2 Å². The fourth-order valence-corrected chi connectivity index (χ4v) is 2.79. The maximum absolute atomic E-state index is 12.6. The number of benzene rings is 2. The highest BCUT2D eigenvalue weighted by molar-refractivity contribution is 6.13. The van der Waals surface area contributed by atoms with Gasteiger partial charge >= 0.3 is 6.18 Å². The zero-order valence-electron chi connectivity index (χ0n) is 13.0. The van der Waals surface area contributed by atoms with E-state index in [-0.39, 0.29) is 5.78 Å². The number of halogens is 3. The first-order chi connectivity index (χ1) is 11.4. The number of hydrogen-bond acceptors (Lipinski definition) is 2. The molecule has 1 aliphatic rings. The summed E-state index contributed by atoms with van der Waals surface area (Å²) in [5, 5.41) is 0. The van der Waals surface area contributed by atoms with E-state index in [9.17, 15) is 18.0 Å². The van der Waals surface area contributed by atoms with Gasteiger partial charge in [0.2, 0.25) is 0 Å². The van der Waals surface area contributed by atoms with E-state index in [4.69, 9.17) is 4.74 Å². The van der Waals surface area contributed by atoms with Crippen molar-refractivity contribution < 1.29 is 22.7 Å². The summed E-state index contributed by atoms with van der Waals surface area (Å²) in [6, 6.07) is 10.1. The molecule has 24 heavy (non-hydrogen) atoms. The molecule has 0 atom stereocenters. The lowest BCUT2D eigenvalue weighted by Crippen LogP contribution is -2.14. The molecule has 2 nitrogen and oxygen atoms in total. The Kier molecular flexibility index (Phi) is 4.18. The number of allylic oxidation sites excluding steroid dienone is 1. The molecule has 0 aliphatic heterocycles. The summed E-state index contributed by atoms with van der Waals surface area (Å²) in [4.78, 5) is 12.6. The van der Waals surface area contributed by atoms with E-state index in [1.807, 2.05) is 6.07 Å². The number of ether oxygens (including phenoxy) is 1. The van der Waals surface area contributed by atoms with Crippen LogP contribution < -0.4 is 4.74 Å². The average Bonchev–Trinajstić information content (AvgIpc) is 2.57. The SMILES string of the molecule is COc1ccc2c(c1)CC/C(=C/c1ccc(C(F)(F)F)cc1)C2=O. The van der Waals surface area contributed by atoms with Crippen LogP contribution in [0.25, 0.3) is 6.08 Å². The molecule has 2 aromatic rings. The van der Waals surface area contributed by atoms with Gasteiger partial charge in [-0.1, -0.05) is 12.1 Å². The van der Waals surface area contributed by atoms with Crippen LogP contribution in [0.1, 0.15) is 33.5 Å². The predicted octanol–water partition coefficient (Wildman–Crippen LogP) is 4.93. The highest BCUT2D eigenvalue weighted by Gasteiger charge is 2.30. The molecule has 0 heterocycles. The van der Waals surface area contributed by atoms with E-state index < -0.39 is 11.7 Å². The van der Waals surface area contributed by atoms with Crippen molar-refractivity contribution >= 4 is 11.9 Å². The number of hydrogen-bond donors (Lipinski definition) is 0. The number of carbonyl (C=O) groups is 1. The topological polar surface area (TPSA) is 26.3 Å². The third-order valence-electron chi connectivity index (χ3n) is 4.09. The van der Waals surface area contributed by atoms with E-state index >= 15 is 0 Å². The second-order valence-electron chi connectivity index (χ2n) is 5.64. The lowest BCUT2D eigenvalue weighted by molar-refractivity contribution is -0.137. The normalized spacial score (nSPS) is 16.2. The van der Waals surface area contributed by atoms with Gasteiger partial charge in [0.25, 0.3) is 0 Å². The summed E-state index contributed by atoms with van der Waals surface area (Å²) in [5.41, 5.74) is 2.05. The van der Waals surface area contributed by atoms with Crippen molar-refractivity contribution in [3.63, 3.8) is 0 Å². The highest BCUT2D eigenvalue weighted by atomic mass is 19.4. The standard InChI is InChI=1S/C19H15F3O2/c1-24-16-8-9-17-13(11-16)4-5-14(18(17)23)10-12-2-6-15(7-3-12)19(20,21)22/h2-3,6-11H,4-5H2,1H3/b14-10-. The van der Waals surface area contributed by atoms with Crippen molar-refractivity contribution in [1.29, 1.82) is 0 Å². The van der Waals surface area contributed by atoms with E-state index in [1.54, 1.807) is 25.3 Å². The Balaban J connectivity index is 1.87. The number of rotatable bonds is 2. The van der Waals surface area contributed by atoms with E-state index in [1.165, 1.54) is 12.1 Å². The lowest BCUT2D eigenvalue weighted by atomic mass is 9.86. The van der Waals surface area contributed by atoms with Crippen LogP contribution in [0.5, 0.6) is 5.75 Å². The molecule has 0 spiro atoms. The van der Waals surface area contributed by atoms with Gasteiger partial charge in [-0.05, 0) is 60.4 Å². The van der Waals surface area contributed by atoms with Crippen molar-refractivity contribution in [3.05, 3.63) is 70.3 Å². The number of carbonyl (C=O) groups excluding carboxylic acids is 1. The number of ketones is 1.